The van der Waals surface area contributed by atoms with Crippen molar-refractivity contribution in [3.05, 3.63) is 31.5 Å². The Hall–Kier alpha value is -3.16. The zero-order valence-corrected chi connectivity index (χ0v) is 34.5. The van der Waals surface area contributed by atoms with Gasteiger partial charge in [-0.25, -0.2) is 28.1 Å². The molecule has 5 rings (SSSR count). The molecule has 4 N–H and O–H groups in total. The summed E-state index contributed by atoms with van der Waals surface area (Å²) in [5, 5.41) is 18.7. The molecule has 3 amide bonds. The summed E-state index contributed by atoms with van der Waals surface area (Å²) in [7, 11) is 1.98. The number of carbonyl (C=O) groups excluding carboxylic acids is 3. The molecule has 1 aromatic heterocycles. The minimum Gasteiger partial charge on any atom is -0.387 e. The van der Waals surface area contributed by atoms with Crippen LogP contribution in [0.25, 0.3) is 0 Å². The molecule has 54 heavy (non-hydrogen) atoms. The van der Waals surface area contributed by atoms with Crippen LogP contribution in [0, 0.1) is 32.5 Å². The molecule has 1 radical (unpaired) electrons. The van der Waals surface area contributed by atoms with Crippen LogP contribution in [0.4, 0.5) is 0 Å². The molecule has 0 spiro atoms. The zero-order chi connectivity index (χ0) is 40.2. The number of hydrogen-bond acceptors (Lipinski definition) is 7. The molecule has 4 fully saturated rings. The van der Waals surface area contributed by atoms with Crippen molar-refractivity contribution in [2.75, 3.05) is 6.61 Å². The molecular formula is C40H66BN6O7. The van der Waals surface area contributed by atoms with Crippen LogP contribution in [-0.2, 0) is 34.0 Å². The number of carbonyl (C=O) groups is 3. The lowest BCUT2D eigenvalue weighted by atomic mass is 9.62. The summed E-state index contributed by atoms with van der Waals surface area (Å²) in [4.78, 5) is 81.4. The second kappa shape index (κ2) is 14.7. The highest BCUT2D eigenvalue weighted by Gasteiger charge is 2.47. The fourth-order valence-corrected chi connectivity index (χ4v) is 12.0. The molecule has 1 aliphatic heterocycles. The van der Waals surface area contributed by atoms with E-state index in [4.69, 9.17) is 0 Å². The molecule has 3 saturated carbocycles. The minimum absolute atomic E-state index is 0.0199. The van der Waals surface area contributed by atoms with E-state index in [2.05, 4.69) is 71.3 Å². The van der Waals surface area contributed by atoms with Gasteiger partial charge in [-0.05, 0) is 90.3 Å². The summed E-state index contributed by atoms with van der Waals surface area (Å²) in [6.07, 6.45) is 6.77. The number of nitrogens with zero attached hydrogens (tertiary/aromatic N) is 3. The Morgan fingerprint density at radius 2 is 0.944 bits per heavy atom. The SMILES string of the molecule is CC(=O)NC1CC(C)(C)CC(C)(Cn2c(=O)n(CC3(C)CC(NC(=O)CO)CC(C)(C)C3)c(=O)n(CC3(C)CC(NC(=O)C4[B]C4)CC(C)(C)C3)c2=O)C1. The summed E-state index contributed by atoms with van der Waals surface area (Å²) < 4.78 is 3.77. The van der Waals surface area contributed by atoms with E-state index in [9.17, 15) is 33.9 Å². The van der Waals surface area contributed by atoms with Gasteiger partial charge in [0.25, 0.3) is 0 Å². The molecular weight excluding hydrogens is 687 g/mol. The van der Waals surface area contributed by atoms with E-state index in [0.717, 1.165) is 25.6 Å². The Morgan fingerprint density at radius 3 is 1.26 bits per heavy atom. The first-order valence-corrected chi connectivity index (χ1v) is 20.0. The number of aromatic nitrogens is 3. The highest BCUT2D eigenvalue weighted by molar-refractivity contribution is 6.57. The van der Waals surface area contributed by atoms with Gasteiger partial charge in [0.15, 0.2) is 0 Å². The van der Waals surface area contributed by atoms with Crippen molar-refractivity contribution in [2.24, 2.45) is 32.5 Å². The fourth-order valence-electron chi connectivity index (χ4n) is 12.0. The molecule has 2 heterocycles. The van der Waals surface area contributed by atoms with Gasteiger partial charge >= 0.3 is 17.1 Å². The minimum atomic E-state index is -0.651. The van der Waals surface area contributed by atoms with Gasteiger partial charge in [0.05, 0.1) is 0 Å². The molecule has 301 valence electrons. The lowest BCUT2D eigenvalue weighted by Gasteiger charge is -2.48. The van der Waals surface area contributed by atoms with Crippen molar-refractivity contribution in [1.82, 2.24) is 29.7 Å². The molecule has 3 aliphatic carbocycles. The van der Waals surface area contributed by atoms with Gasteiger partial charge in [-0.3, -0.25) is 14.4 Å². The van der Waals surface area contributed by atoms with Crippen molar-refractivity contribution >= 4 is 25.0 Å². The average molecular weight is 754 g/mol. The van der Waals surface area contributed by atoms with E-state index < -0.39 is 45.8 Å². The van der Waals surface area contributed by atoms with Gasteiger partial charge in [-0.15, -0.1) is 0 Å². The Bertz CT molecular complexity index is 1810. The molecule has 1 aromatic rings. The largest absolute Gasteiger partial charge is 0.387 e. The van der Waals surface area contributed by atoms with Crippen LogP contribution < -0.4 is 33.0 Å². The number of aliphatic hydroxyl groups is 1. The van der Waals surface area contributed by atoms with Gasteiger partial charge in [-0.1, -0.05) is 68.6 Å². The molecule has 14 heteroatoms. The average Bonchev–Trinajstić information content (AvgIpc) is 3.82. The Labute approximate surface area is 321 Å². The lowest BCUT2D eigenvalue weighted by molar-refractivity contribution is -0.125. The third kappa shape index (κ3) is 10.2. The second-order valence-electron chi connectivity index (χ2n) is 21.4. The van der Waals surface area contributed by atoms with Crippen LogP contribution >= 0.6 is 0 Å². The third-order valence-electron chi connectivity index (χ3n) is 12.4. The van der Waals surface area contributed by atoms with Crippen LogP contribution in [0.1, 0.15) is 127 Å². The van der Waals surface area contributed by atoms with E-state index in [1.54, 1.807) is 0 Å². The Kier molecular flexibility index (Phi) is 11.5. The topological polar surface area (TPSA) is 174 Å². The first-order chi connectivity index (χ1) is 24.7. The van der Waals surface area contributed by atoms with E-state index in [0.29, 0.717) is 38.5 Å². The van der Waals surface area contributed by atoms with Gasteiger partial charge in [-0.2, -0.15) is 0 Å². The smallest absolute Gasteiger partial charge is 0.336 e. The highest BCUT2D eigenvalue weighted by Crippen LogP contribution is 2.49. The lowest BCUT2D eigenvalue weighted by Crippen LogP contribution is -2.60. The van der Waals surface area contributed by atoms with Gasteiger partial charge in [0.1, 0.15) is 13.9 Å². The van der Waals surface area contributed by atoms with Crippen molar-refractivity contribution < 1.29 is 19.5 Å². The van der Waals surface area contributed by atoms with Gasteiger partial charge < -0.3 is 21.1 Å². The molecule has 0 bridgehead atoms. The predicted molar refractivity (Wildman–Crippen MR) is 209 cm³/mol. The monoisotopic (exact) mass is 754 g/mol. The number of aliphatic hydroxyl groups excluding tert-OH is 1. The number of hydrogen-bond donors (Lipinski definition) is 4. The normalized spacial score (nSPS) is 33.9. The molecule has 7 unspecified atom stereocenters. The number of amides is 3. The van der Waals surface area contributed by atoms with Crippen LogP contribution in [0.3, 0.4) is 0 Å². The summed E-state index contributed by atoms with van der Waals surface area (Å²) >= 11 is 0. The molecule has 13 nitrogen and oxygen atoms in total. The van der Waals surface area contributed by atoms with Crippen molar-refractivity contribution in [1.29, 1.82) is 0 Å². The predicted octanol–water partition coefficient (Wildman–Crippen LogP) is 3.21. The standard InChI is InChI=1S/C40H66BN6O7/c1-25(49)42-26-11-35(2,3)19-38(8,14-26)22-45-32(52)46(23-39(9)15-27(43-30(50)18-48)12-36(4,5)20-39)34(54)47(33(45)53)24-40(10)16-28(13-37(6,7)21-40)44-31(51)29-17-41-29/h26-29,48H,11-24H2,1-10H3,(H,42,49)(H,43,50)(H,44,51). The Balaban J connectivity index is 1.59. The van der Waals surface area contributed by atoms with Crippen LogP contribution in [0.15, 0.2) is 14.4 Å². The first kappa shape index (κ1) is 42.0. The van der Waals surface area contributed by atoms with Gasteiger partial charge in [0, 0.05) is 50.5 Å². The molecule has 7 atom stereocenters. The maximum atomic E-state index is 14.7. The van der Waals surface area contributed by atoms with Crippen LogP contribution in [-0.4, -0.2) is 68.5 Å². The summed E-state index contributed by atoms with van der Waals surface area (Å²) in [5.41, 5.74) is -4.21. The van der Waals surface area contributed by atoms with E-state index in [-0.39, 0.29) is 71.6 Å². The summed E-state index contributed by atoms with van der Waals surface area (Å²) in [6, 6.07) is -0.508. The highest BCUT2D eigenvalue weighted by atomic mass is 16.3. The molecule has 4 aliphatic rings. The second-order valence-corrected chi connectivity index (χ2v) is 21.4. The molecule has 1 saturated heterocycles. The van der Waals surface area contributed by atoms with E-state index >= 15 is 0 Å². The van der Waals surface area contributed by atoms with Crippen molar-refractivity contribution in [3.8, 4) is 0 Å². The zero-order valence-electron chi connectivity index (χ0n) is 34.5. The van der Waals surface area contributed by atoms with E-state index in [1.165, 1.54) is 20.6 Å². The summed E-state index contributed by atoms with van der Waals surface area (Å²) in [5.74, 6) is -0.633. The third-order valence-corrected chi connectivity index (χ3v) is 12.4. The summed E-state index contributed by atoms with van der Waals surface area (Å²) in [6.45, 7) is 20.0. The molecule has 0 aromatic carbocycles. The van der Waals surface area contributed by atoms with Crippen LogP contribution in [0.5, 0.6) is 0 Å². The maximum absolute atomic E-state index is 14.7. The van der Waals surface area contributed by atoms with E-state index in [1.807, 2.05) is 14.2 Å². The number of rotatable bonds is 11. The van der Waals surface area contributed by atoms with Gasteiger partial charge in [0.2, 0.25) is 17.7 Å². The first-order valence-electron chi connectivity index (χ1n) is 20.0. The number of nitrogens with one attached hydrogen (secondary N) is 3. The van der Waals surface area contributed by atoms with Crippen LogP contribution in [0.2, 0.25) is 12.1 Å². The quantitative estimate of drug-likeness (QED) is 0.251. The Morgan fingerprint density at radius 1 is 0.611 bits per heavy atom. The maximum Gasteiger partial charge on any atom is 0.336 e. The van der Waals surface area contributed by atoms with Crippen molar-refractivity contribution in [2.45, 2.75) is 177 Å². The fraction of sp³-hybridized carbons (Fsp3) is 0.850. The van der Waals surface area contributed by atoms with Crippen molar-refractivity contribution in [3.63, 3.8) is 0 Å².